The van der Waals surface area contributed by atoms with Gasteiger partial charge in [-0.3, -0.25) is 0 Å². The number of nitrogens with zero attached hydrogens (tertiary/aromatic N) is 2. The highest BCUT2D eigenvalue weighted by molar-refractivity contribution is 5.93. The minimum Gasteiger partial charge on any atom is -0.496 e. The number of carbonyl (C=O) groups is 1. The first-order valence-electron chi connectivity index (χ1n) is 10.6. The molecule has 0 bridgehead atoms. The van der Waals surface area contributed by atoms with Crippen LogP contribution in [0.4, 0.5) is 0 Å². The van der Waals surface area contributed by atoms with Crippen LogP contribution in [0.3, 0.4) is 0 Å². The lowest BCUT2D eigenvalue weighted by atomic mass is 9.71. The van der Waals surface area contributed by atoms with Gasteiger partial charge in [0.2, 0.25) is 0 Å². The summed E-state index contributed by atoms with van der Waals surface area (Å²) in [5, 5.41) is 21.5. The average Bonchev–Trinajstić information content (AvgIpc) is 2.80. The zero-order chi connectivity index (χ0) is 23.3. The van der Waals surface area contributed by atoms with E-state index in [1.807, 2.05) is 39.1 Å². The molecule has 0 radical (unpaired) electrons. The number of rotatable bonds is 7. The van der Waals surface area contributed by atoms with Gasteiger partial charge in [0.05, 0.1) is 31.2 Å². The quantitative estimate of drug-likeness (QED) is 0.512. The summed E-state index contributed by atoms with van der Waals surface area (Å²) >= 11 is 0. The van der Waals surface area contributed by atoms with E-state index in [1.165, 1.54) is 0 Å². The molecule has 0 saturated carbocycles. The van der Waals surface area contributed by atoms with Gasteiger partial charge >= 0.3 is 5.97 Å². The molecule has 1 heterocycles. The van der Waals surface area contributed by atoms with Gasteiger partial charge in [0.25, 0.3) is 0 Å². The SMILES string of the molecule is CCOC1NC=C(C)C2=C1C(c1ccc(C#N)cc1OC)C(C(=O)OCCC#N)=C(C)C2. The number of benzene rings is 1. The van der Waals surface area contributed by atoms with Crippen molar-refractivity contribution in [2.45, 2.75) is 45.8 Å². The lowest BCUT2D eigenvalue weighted by Gasteiger charge is -2.39. The Labute approximate surface area is 188 Å². The second kappa shape index (κ2) is 10.2. The van der Waals surface area contributed by atoms with Crippen LogP contribution in [-0.2, 0) is 14.3 Å². The van der Waals surface area contributed by atoms with Crippen LogP contribution >= 0.6 is 0 Å². The van der Waals surface area contributed by atoms with Crippen molar-refractivity contribution < 1.29 is 19.0 Å². The third-order valence-corrected chi connectivity index (χ3v) is 5.73. The van der Waals surface area contributed by atoms with Crippen molar-refractivity contribution in [3.63, 3.8) is 0 Å². The monoisotopic (exact) mass is 433 g/mol. The Bertz CT molecular complexity index is 1090. The van der Waals surface area contributed by atoms with Crippen molar-refractivity contribution >= 4 is 5.97 Å². The van der Waals surface area contributed by atoms with Gasteiger partial charge in [-0.1, -0.05) is 11.6 Å². The predicted molar refractivity (Wildman–Crippen MR) is 118 cm³/mol. The first kappa shape index (κ1) is 23.1. The van der Waals surface area contributed by atoms with E-state index in [9.17, 15) is 10.1 Å². The number of ether oxygens (including phenoxy) is 3. The van der Waals surface area contributed by atoms with E-state index in [-0.39, 0.29) is 13.0 Å². The molecule has 2 aliphatic rings. The van der Waals surface area contributed by atoms with Gasteiger partial charge < -0.3 is 19.5 Å². The maximum Gasteiger partial charge on any atom is 0.334 e. The Morgan fingerprint density at radius 2 is 2.06 bits per heavy atom. The molecule has 166 valence electrons. The van der Waals surface area contributed by atoms with Gasteiger partial charge in [-0.25, -0.2) is 4.79 Å². The lowest BCUT2D eigenvalue weighted by molar-refractivity contribution is -0.139. The van der Waals surface area contributed by atoms with Crippen molar-refractivity contribution in [1.82, 2.24) is 5.32 Å². The number of dihydropyridines is 1. The second-order valence-electron chi connectivity index (χ2n) is 7.68. The molecule has 1 aliphatic carbocycles. The summed E-state index contributed by atoms with van der Waals surface area (Å²) in [5.74, 6) is -0.424. The first-order valence-corrected chi connectivity index (χ1v) is 10.6. The van der Waals surface area contributed by atoms with Crippen LogP contribution in [0.1, 0.15) is 50.7 Å². The van der Waals surface area contributed by atoms with E-state index >= 15 is 0 Å². The zero-order valence-electron chi connectivity index (χ0n) is 18.8. The molecule has 0 aromatic heterocycles. The maximum absolute atomic E-state index is 13.2. The third-order valence-electron chi connectivity index (χ3n) is 5.73. The molecule has 3 rings (SSSR count). The molecule has 0 spiro atoms. The number of nitriles is 2. The normalized spacial score (nSPS) is 19.9. The third kappa shape index (κ3) is 4.39. The number of hydrogen-bond donors (Lipinski definition) is 1. The van der Waals surface area contributed by atoms with Gasteiger partial charge in [-0.2, -0.15) is 10.5 Å². The fourth-order valence-corrected chi connectivity index (χ4v) is 4.30. The van der Waals surface area contributed by atoms with Crippen LogP contribution in [0.25, 0.3) is 0 Å². The summed E-state index contributed by atoms with van der Waals surface area (Å²) < 4.78 is 17.1. The summed E-state index contributed by atoms with van der Waals surface area (Å²) in [4.78, 5) is 13.2. The second-order valence-corrected chi connectivity index (χ2v) is 7.68. The van der Waals surface area contributed by atoms with Crippen molar-refractivity contribution in [3.8, 4) is 17.9 Å². The Kier molecular flexibility index (Phi) is 7.35. The highest BCUT2D eigenvalue weighted by Gasteiger charge is 2.41. The largest absolute Gasteiger partial charge is 0.496 e. The number of methoxy groups -OCH3 is 1. The Hall–Kier alpha value is -3.55. The van der Waals surface area contributed by atoms with Crippen LogP contribution in [-0.4, -0.2) is 32.5 Å². The molecule has 1 N–H and O–H groups in total. The fraction of sp³-hybridized carbons (Fsp3) is 0.400. The van der Waals surface area contributed by atoms with E-state index in [1.54, 1.807) is 19.2 Å². The first-order chi connectivity index (χ1) is 15.5. The van der Waals surface area contributed by atoms with Gasteiger partial charge in [-0.15, -0.1) is 0 Å². The molecule has 2 atom stereocenters. The topological polar surface area (TPSA) is 104 Å². The molecule has 1 aliphatic heterocycles. The number of hydrogen-bond acceptors (Lipinski definition) is 7. The fourth-order valence-electron chi connectivity index (χ4n) is 4.30. The van der Waals surface area contributed by atoms with E-state index in [4.69, 9.17) is 19.5 Å². The van der Waals surface area contributed by atoms with Crippen LogP contribution in [0, 0.1) is 22.7 Å². The summed E-state index contributed by atoms with van der Waals surface area (Å²) in [6, 6.07) is 9.34. The lowest BCUT2D eigenvalue weighted by Crippen LogP contribution is -2.39. The summed E-state index contributed by atoms with van der Waals surface area (Å²) in [7, 11) is 1.55. The van der Waals surface area contributed by atoms with Crippen molar-refractivity contribution in [2.75, 3.05) is 20.3 Å². The molecule has 0 saturated heterocycles. The number of allylic oxidation sites excluding steroid dienone is 3. The summed E-state index contributed by atoms with van der Waals surface area (Å²) in [6.45, 7) is 6.40. The molecule has 7 nitrogen and oxygen atoms in total. The Morgan fingerprint density at radius 3 is 2.72 bits per heavy atom. The molecule has 0 amide bonds. The molecular formula is C25H27N3O4. The van der Waals surface area contributed by atoms with E-state index in [0.29, 0.717) is 29.9 Å². The smallest absolute Gasteiger partial charge is 0.334 e. The van der Waals surface area contributed by atoms with Gasteiger partial charge in [0.1, 0.15) is 12.4 Å². The standard InChI is InChI=1S/C25H27N3O4/c1-5-31-24-23-19(16(3)14-28-24)11-15(2)21(25(29)32-10-6-9-26)22(23)18-8-7-17(13-27)12-20(18)30-4/h7-8,12,14,22,24,28H,5-6,10-11H2,1-4H3. The minimum atomic E-state index is -0.483. The van der Waals surface area contributed by atoms with Crippen LogP contribution in [0.15, 0.2) is 52.3 Å². The zero-order valence-corrected chi connectivity index (χ0v) is 18.8. The van der Waals surface area contributed by atoms with Gasteiger partial charge in [0, 0.05) is 29.9 Å². The molecular weight excluding hydrogens is 406 g/mol. The highest BCUT2D eigenvalue weighted by atomic mass is 16.5. The maximum atomic E-state index is 13.2. The number of esters is 1. The van der Waals surface area contributed by atoms with E-state index < -0.39 is 18.1 Å². The van der Waals surface area contributed by atoms with Crippen molar-refractivity contribution in [3.05, 3.63) is 63.4 Å². The van der Waals surface area contributed by atoms with E-state index in [0.717, 1.165) is 27.9 Å². The Morgan fingerprint density at radius 1 is 1.28 bits per heavy atom. The Balaban J connectivity index is 2.21. The summed E-state index contributed by atoms with van der Waals surface area (Å²) in [5.41, 5.74) is 5.76. The molecule has 1 aromatic rings. The molecule has 0 fully saturated rings. The van der Waals surface area contributed by atoms with Gasteiger partial charge in [-0.05, 0) is 56.0 Å². The molecule has 1 aromatic carbocycles. The van der Waals surface area contributed by atoms with E-state index in [2.05, 4.69) is 11.4 Å². The number of carbonyl (C=O) groups excluding carboxylic acids is 1. The summed E-state index contributed by atoms with van der Waals surface area (Å²) in [6.07, 6.45) is 2.25. The molecule has 2 unspecified atom stereocenters. The minimum absolute atomic E-state index is 0.0291. The highest BCUT2D eigenvalue weighted by Crippen LogP contribution is 2.49. The predicted octanol–water partition coefficient (Wildman–Crippen LogP) is 3.99. The van der Waals surface area contributed by atoms with Crippen molar-refractivity contribution in [2.24, 2.45) is 0 Å². The van der Waals surface area contributed by atoms with Crippen LogP contribution < -0.4 is 10.1 Å². The molecule has 7 heteroatoms. The van der Waals surface area contributed by atoms with Gasteiger partial charge in [0.15, 0.2) is 6.23 Å². The number of nitrogens with one attached hydrogen (secondary N) is 1. The van der Waals surface area contributed by atoms with Crippen LogP contribution in [0.5, 0.6) is 5.75 Å². The molecule has 32 heavy (non-hydrogen) atoms. The average molecular weight is 434 g/mol. The van der Waals surface area contributed by atoms with Crippen molar-refractivity contribution in [1.29, 1.82) is 10.5 Å². The van der Waals surface area contributed by atoms with Crippen LogP contribution in [0.2, 0.25) is 0 Å².